The second-order valence-electron chi connectivity index (χ2n) is 5.73. The van der Waals surface area contributed by atoms with E-state index in [1.54, 1.807) is 6.07 Å². The summed E-state index contributed by atoms with van der Waals surface area (Å²) in [7, 11) is 0. The molecule has 1 saturated carbocycles. The summed E-state index contributed by atoms with van der Waals surface area (Å²) >= 11 is 3.13. The second kappa shape index (κ2) is 6.64. The van der Waals surface area contributed by atoms with E-state index in [1.807, 2.05) is 0 Å². The fourth-order valence-electron chi connectivity index (χ4n) is 2.66. The zero-order chi connectivity index (χ0) is 15.6. The van der Waals surface area contributed by atoms with Crippen LogP contribution in [0.4, 0.5) is 4.39 Å². The van der Waals surface area contributed by atoms with E-state index in [-0.39, 0.29) is 22.2 Å². The molecule has 3 atom stereocenters. The summed E-state index contributed by atoms with van der Waals surface area (Å²) in [6.07, 6.45) is 2.99. The van der Waals surface area contributed by atoms with Crippen molar-refractivity contribution < 1.29 is 14.3 Å². The Labute approximate surface area is 132 Å². The highest BCUT2D eigenvalue weighted by atomic mass is 79.9. The molecule has 0 heterocycles. The Kier molecular flexibility index (Phi) is 5.08. The minimum Gasteiger partial charge on any atom is -0.487 e. The summed E-state index contributed by atoms with van der Waals surface area (Å²) in [5.74, 6) is 0.789. The van der Waals surface area contributed by atoms with Crippen molar-refractivity contribution in [1.82, 2.24) is 0 Å². The molecule has 0 aliphatic heterocycles. The Morgan fingerprint density at radius 1 is 1.38 bits per heavy atom. The van der Waals surface area contributed by atoms with Crippen molar-refractivity contribution >= 4 is 21.8 Å². The molecule has 1 aliphatic rings. The number of rotatable bonds is 3. The van der Waals surface area contributed by atoms with Gasteiger partial charge in [-0.05, 0) is 59.2 Å². The molecule has 0 spiro atoms. The average Bonchev–Trinajstić information content (AvgIpc) is 2.47. The maximum absolute atomic E-state index is 14.3. The molecular weight excluding hydrogens is 339 g/mol. The van der Waals surface area contributed by atoms with Gasteiger partial charge in [0.05, 0.1) is 10.6 Å². The van der Waals surface area contributed by atoms with Crippen molar-refractivity contribution in [3.63, 3.8) is 0 Å². The highest BCUT2D eigenvalue weighted by Gasteiger charge is 2.27. The molecule has 2 rings (SSSR count). The summed E-state index contributed by atoms with van der Waals surface area (Å²) in [4.78, 5) is 0. The summed E-state index contributed by atoms with van der Waals surface area (Å²) in [5.41, 5.74) is 5.79. The smallest absolute Gasteiger partial charge is 0.179 e. The van der Waals surface area contributed by atoms with Crippen molar-refractivity contribution in [3.8, 4) is 5.75 Å². The van der Waals surface area contributed by atoms with E-state index in [2.05, 4.69) is 34.9 Å². The summed E-state index contributed by atoms with van der Waals surface area (Å²) in [5, 5.41) is 11.6. The first-order chi connectivity index (χ1) is 9.93. The minimum absolute atomic E-state index is 0.0345. The van der Waals surface area contributed by atoms with Crippen LogP contribution in [-0.2, 0) is 0 Å². The number of hydrogen-bond donors (Lipinski definition) is 2. The fraction of sp³-hybridized carbons (Fsp3) is 0.533. The molecular formula is C15H20BrFN2O2. The molecule has 0 saturated heterocycles. The van der Waals surface area contributed by atoms with Crippen LogP contribution in [0.3, 0.4) is 0 Å². The van der Waals surface area contributed by atoms with Crippen LogP contribution in [0.5, 0.6) is 5.75 Å². The van der Waals surface area contributed by atoms with Gasteiger partial charge in [0.2, 0.25) is 0 Å². The predicted molar refractivity (Wildman–Crippen MR) is 83.2 cm³/mol. The largest absolute Gasteiger partial charge is 0.487 e. The minimum atomic E-state index is -0.523. The van der Waals surface area contributed by atoms with Crippen molar-refractivity contribution in [1.29, 1.82) is 0 Å². The molecule has 1 fully saturated rings. The lowest BCUT2D eigenvalue weighted by Crippen LogP contribution is -2.29. The molecule has 3 N–H and O–H groups in total. The lowest BCUT2D eigenvalue weighted by Gasteiger charge is -2.32. The third kappa shape index (κ3) is 3.48. The highest BCUT2D eigenvalue weighted by molar-refractivity contribution is 9.10. The summed E-state index contributed by atoms with van der Waals surface area (Å²) in [6, 6.07) is 3.10. The molecule has 0 amide bonds. The van der Waals surface area contributed by atoms with Gasteiger partial charge in [0, 0.05) is 5.56 Å². The van der Waals surface area contributed by atoms with E-state index in [1.165, 1.54) is 6.07 Å². The van der Waals surface area contributed by atoms with Gasteiger partial charge in [0.15, 0.2) is 17.4 Å². The van der Waals surface area contributed by atoms with Gasteiger partial charge in [-0.1, -0.05) is 19.0 Å². The van der Waals surface area contributed by atoms with E-state index in [0.717, 1.165) is 19.3 Å². The average molecular weight is 359 g/mol. The van der Waals surface area contributed by atoms with Crippen molar-refractivity contribution in [3.05, 3.63) is 28.0 Å². The van der Waals surface area contributed by atoms with Crippen LogP contribution in [0, 0.1) is 17.7 Å². The maximum atomic E-state index is 14.3. The molecule has 1 aliphatic carbocycles. The molecule has 4 nitrogen and oxygen atoms in total. The molecule has 116 valence electrons. The standard InChI is InChI=1S/C15H20BrFN2O2/c1-8-3-4-10(7-9(8)2)21-12-6-5-11(15(18)19-20)13(16)14(12)17/h5-6,8-10,20H,3-4,7H2,1-2H3,(H2,18,19). The molecule has 0 aromatic heterocycles. The van der Waals surface area contributed by atoms with Gasteiger partial charge < -0.3 is 15.7 Å². The number of nitrogens with zero attached hydrogens (tertiary/aromatic N) is 1. The third-order valence-electron chi connectivity index (χ3n) is 4.27. The van der Waals surface area contributed by atoms with Gasteiger partial charge in [0.25, 0.3) is 0 Å². The van der Waals surface area contributed by atoms with Crippen LogP contribution in [0.25, 0.3) is 0 Å². The quantitative estimate of drug-likeness (QED) is 0.372. The van der Waals surface area contributed by atoms with E-state index < -0.39 is 5.82 Å². The topological polar surface area (TPSA) is 67.8 Å². The zero-order valence-corrected chi connectivity index (χ0v) is 13.7. The van der Waals surface area contributed by atoms with Gasteiger partial charge in [-0.15, -0.1) is 0 Å². The zero-order valence-electron chi connectivity index (χ0n) is 12.1. The maximum Gasteiger partial charge on any atom is 0.179 e. The van der Waals surface area contributed by atoms with Crippen molar-refractivity contribution in [2.24, 2.45) is 22.7 Å². The number of oxime groups is 1. The Bertz CT molecular complexity index is 551. The first kappa shape index (κ1) is 16.1. The van der Waals surface area contributed by atoms with Crippen LogP contribution >= 0.6 is 15.9 Å². The van der Waals surface area contributed by atoms with Gasteiger partial charge in [-0.2, -0.15) is 0 Å². The molecule has 0 radical (unpaired) electrons. The number of ether oxygens (including phenoxy) is 1. The molecule has 1 aromatic rings. The van der Waals surface area contributed by atoms with Crippen LogP contribution in [0.15, 0.2) is 21.8 Å². The lowest BCUT2D eigenvalue weighted by atomic mass is 9.80. The number of hydrogen-bond acceptors (Lipinski definition) is 3. The number of benzene rings is 1. The van der Waals surface area contributed by atoms with Crippen molar-refractivity contribution in [2.75, 3.05) is 0 Å². The van der Waals surface area contributed by atoms with Gasteiger partial charge in [0.1, 0.15) is 0 Å². The molecule has 1 aromatic carbocycles. The molecule has 6 heteroatoms. The summed E-state index contributed by atoms with van der Waals surface area (Å²) < 4.78 is 20.3. The highest BCUT2D eigenvalue weighted by Crippen LogP contribution is 2.34. The number of amidine groups is 1. The van der Waals surface area contributed by atoms with Crippen LogP contribution in [-0.4, -0.2) is 17.1 Å². The van der Waals surface area contributed by atoms with E-state index in [4.69, 9.17) is 15.7 Å². The van der Waals surface area contributed by atoms with E-state index >= 15 is 0 Å². The van der Waals surface area contributed by atoms with Gasteiger partial charge >= 0.3 is 0 Å². The molecule has 3 unspecified atom stereocenters. The van der Waals surface area contributed by atoms with Crippen LogP contribution < -0.4 is 10.5 Å². The Morgan fingerprint density at radius 3 is 2.71 bits per heavy atom. The third-order valence-corrected chi connectivity index (χ3v) is 5.05. The Hall–Kier alpha value is -1.30. The van der Waals surface area contributed by atoms with Crippen LogP contribution in [0.2, 0.25) is 0 Å². The van der Waals surface area contributed by atoms with Crippen molar-refractivity contribution in [2.45, 2.75) is 39.2 Å². The van der Waals surface area contributed by atoms with Crippen LogP contribution in [0.1, 0.15) is 38.7 Å². The van der Waals surface area contributed by atoms with E-state index in [0.29, 0.717) is 17.4 Å². The monoisotopic (exact) mass is 358 g/mol. The molecule has 0 bridgehead atoms. The van der Waals surface area contributed by atoms with Gasteiger partial charge in [-0.25, -0.2) is 4.39 Å². The van der Waals surface area contributed by atoms with E-state index in [9.17, 15) is 4.39 Å². The number of nitrogens with two attached hydrogens (primary N) is 1. The Balaban J connectivity index is 2.17. The first-order valence-electron chi connectivity index (χ1n) is 7.06. The Morgan fingerprint density at radius 2 is 2.10 bits per heavy atom. The first-order valence-corrected chi connectivity index (χ1v) is 7.85. The van der Waals surface area contributed by atoms with Gasteiger partial charge in [-0.3, -0.25) is 0 Å². The molecule has 21 heavy (non-hydrogen) atoms. The normalized spacial score (nSPS) is 26.7. The predicted octanol–water partition coefficient (Wildman–Crippen LogP) is 3.89. The summed E-state index contributed by atoms with van der Waals surface area (Å²) in [6.45, 7) is 4.44. The fourth-order valence-corrected chi connectivity index (χ4v) is 3.19. The lowest BCUT2D eigenvalue weighted by molar-refractivity contribution is 0.0966. The number of halogens is 2. The second-order valence-corrected chi connectivity index (χ2v) is 6.52. The SMILES string of the molecule is CC1CCC(Oc2ccc(/C(N)=N/O)c(Br)c2F)CC1C.